The van der Waals surface area contributed by atoms with Gasteiger partial charge in [0.15, 0.2) is 0 Å². The third-order valence-corrected chi connectivity index (χ3v) is 2.43. The van der Waals surface area contributed by atoms with Crippen molar-refractivity contribution in [1.82, 2.24) is 5.32 Å². The van der Waals surface area contributed by atoms with Gasteiger partial charge in [0, 0.05) is 5.56 Å². The fourth-order valence-electron chi connectivity index (χ4n) is 1.33. The molecule has 0 saturated heterocycles. The lowest BCUT2D eigenvalue weighted by Crippen LogP contribution is -2.63. The van der Waals surface area contributed by atoms with Gasteiger partial charge < -0.3 is 4.74 Å². The highest BCUT2D eigenvalue weighted by atomic mass is 79.9. The van der Waals surface area contributed by atoms with Gasteiger partial charge in [0.25, 0.3) is 5.91 Å². The van der Waals surface area contributed by atoms with Crippen LogP contribution in [-0.4, -0.2) is 30.1 Å². The zero-order valence-corrected chi connectivity index (χ0v) is 11.7. The Bertz CT molecular complexity index is 471. The third-order valence-electron chi connectivity index (χ3n) is 2.20. The van der Waals surface area contributed by atoms with E-state index in [1.807, 2.05) is 0 Å². The van der Waals surface area contributed by atoms with E-state index >= 15 is 0 Å². The van der Waals surface area contributed by atoms with E-state index in [0.29, 0.717) is 0 Å². The summed E-state index contributed by atoms with van der Waals surface area (Å²) in [5, 5.41) is 1.30. The lowest BCUT2D eigenvalue weighted by atomic mass is 10.2. The molecule has 21 heavy (non-hydrogen) atoms. The molecular weight excluding hydrogens is 369 g/mol. The summed E-state index contributed by atoms with van der Waals surface area (Å²) in [6, 6.07) is 6.71. The highest BCUT2D eigenvalue weighted by molar-refractivity contribution is 9.09. The molecule has 0 aliphatic carbocycles. The predicted octanol–water partition coefficient (Wildman–Crippen LogP) is 3.24. The number of ether oxygens (including phenoxy) is 2. The van der Waals surface area contributed by atoms with Crippen molar-refractivity contribution in [2.75, 3.05) is 5.52 Å². The maximum Gasteiger partial charge on any atom is 0.466 e. The van der Waals surface area contributed by atoms with Crippen LogP contribution in [-0.2, 0) is 9.47 Å². The number of amides is 1. The molecule has 0 bridgehead atoms. The Morgan fingerprint density at radius 1 is 1.24 bits per heavy atom. The minimum atomic E-state index is -5.43. The van der Waals surface area contributed by atoms with Crippen LogP contribution in [0.1, 0.15) is 10.4 Å². The van der Waals surface area contributed by atoms with E-state index in [4.69, 9.17) is 0 Å². The van der Waals surface area contributed by atoms with Crippen LogP contribution in [0.5, 0.6) is 0 Å². The Balaban J connectivity index is 3.09. The second-order valence-corrected chi connectivity index (χ2v) is 4.02. The first kappa shape index (κ1) is 17.8. The summed E-state index contributed by atoms with van der Waals surface area (Å²) >= 11 is 2.52. The molecule has 1 aromatic rings. The molecular formula is C11H9BrF5NO3. The SMILES string of the molecule is O=C(NC(OCBr)(OC(F)F)C(F)(F)F)c1ccccc1. The first-order valence-corrected chi connectivity index (χ1v) is 6.44. The minimum Gasteiger partial charge on any atom is -0.314 e. The molecule has 10 heteroatoms. The number of halogens is 6. The molecule has 0 spiro atoms. The Labute approximate surface area is 124 Å². The van der Waals surface area contributed by atoms with Crippen LogP contribution in [0.2, 0.25) is 0 Å². The molecule has 0 aromatic heterocycles. The van der Waals surface area contributed by atoms with Crippen molar-refractivity contribution < 1.29 is 36.2 Å². The van der Waals surface area contributed by atoms with Gasteiger partial charge in [-0.3, -0.25) is 14.8 Å². The van der Waals surface area contributed by atoms with E-state index in [-0.39, 0.29) is 5.56 Å². The largest absolute Gasteiger partial charge is 0.466 e. The van der Waals surface area contributed by atoms with E-state index in [1.54, 1.807) is 0 Å². The molecule has 1 amide bonds. The Morgan fingerprint density at radius 2 is 1.81 bits per heavy atom. The smallest absolute Gasteiger partial charge is 0.314 e. The van der Waals surface area contributed by atoms with Crippen molar-refractivity contribution >= 4 is 21.8 Å². The first-order chi connectivity index (χ1) is 9.72. The fraction of sp³-hybridized carbons (Fsp3) is 0.364. The van der Waals surface area contributed by atoms with Gasteiger partial charge in [-0.05, 0) is 12.1 Å². The Kier molecular flexibility index (Phi) is 6.05. The van der Waals surface area contributed by atoms with Gasteiger partial charge in [-0.25, -0.2) is 0 Å². The van der Waals surface area contributed by atoms with Gasteiger partial charge >= 0.3 is 18.7 Å². The number of hydrogen-bond acceptors (Lipinski definition) is 3. The minimum absolute atomic E-state index is 0.179. The van der Waals surface area contributed by atoms with E-state index in [9.17, 15) is 26.7 Å². The van der Waals surface area contributed by atoms with Crippen molar-refractivity contribution in [2.45, 2.75) is 18.7 Å². The summed E-state index contributed by atoms with van der Waals surface area (Å²) in [4.78, 5) is 11.7. The molecule has 0 aliphatic heterocycles. The summed E-state index contributed by atoms with van der Waals surface area (Å²) in [6.45, 7) is -3.82. The lowest BCUT2D eigenvalue weighted by molar-refractivity contribution is -0.419. The van der Waals surface area contributed by atoms with Crippen LogP contribution in [0.15, 0.2) is 30.3 Å². The van der Waals surface area contributed by atoms with Gasteiger partial charge in [0.05, 0.1) is 0 Å². The third kappa shape index (κ3) is 4.61. The van der Waals surface area contributed by atoms with Crippen LogP contribution in [0.3, 0.4) is 0 Å². The van der Waals surface area contributed by atoms with Crippen molar-refractivity contribution in [3.63, 3.8) is 0 Å². The molecule has 1 unspecified atom stereocenters. The number of nitrogens with one attached hydrogen (secondary N) is 1. The summed E-state index contributed by atoms with van der Waals surface area (Å²) in [6.07, 6.45) is -5.43. The summed E-state index contributed by atoms with van der Waals surface area (Å²) < 4.78 is 71.1. The number of benzene rings is 1. The van der Waals surface area contributed by atoms with Crippen LogP contribution >= 0.6 is 15.9 Å². The normalized spacial score (nSPS) is 14.8. The summed E-state index contributed by atoms with van der Waals surface area (Å²) in [5.41, 5.74) is -0.976. The monoisotopic (exact) mass is 377 g/mol. The molecule has 4 nitrogen and oxygen atoms in total. The van der Waals surface area contributed by atoms with Crippen LogP contribution < -0.4 is 5.32 Å². The molecule has 1 atom stereocenters. The van der Waals surface area contributed by atoms with Gasteiger partial charge in [0.2, 0.25) is 0 Å². The number of carbonyl (C=O) groups is 1. The Morgan fingerprint density at radius 3 is 2.24 bits per heavy atom. The van der Waals surface area contributed by atoms with Gasteiger partial charge in [0.1, 0.15) is 5.52 Å². The van der Waals surface area contributed by atoms with Gasteiger partial charge in [-0.15, -0.1) is 0 Å². The second kappa shape index (κ2) is 7.14. The van der Waals surface area contributed by atoms with Crippen LogP contribution in [0.25, 0.3) is 0 Å². The quantitative estimate of drug-likeness (QED) is 0.470. The van der Waals surface area contributed by atoms with Crippen LogP contribution in [0.4, 0.5) is 22.0 Å². The van der Waals surface area contributed by atoms with E-state index in [2.05, 4.69) is 25.4 Å². The van der Waals surface area contributed by atoms with Crippen LogP contribution in [0, 0.1) is 0 Å². The average Bonchev–Trinajstić information content (AvgIpc) is 2.37. The maximum absolute atomic E-state index is 13.0. The summed E-state index contributed by atoms with van der Waals surface area (Å²) in [5.74, 6) is -5.24. The molecule has 1 aromatic carbocycles. The zero-order valence-electron chi connectivity index (χ0n) is 10.2. The van der Waals surface area contributed by atoms with Crippen molar-refractivity contribution in [3.05, 3.63) is 35.9 Å². The standard InChI is InChI=1S/C11H9BrF5NO3/c12-6-20-11(10(15,16)17,21-9(13)14)18-8(19)7-4-2-1-3-5-7/h1-5,9H,6H2,(H,18,19). The molecule has 0 fully saturated rings. The predicted molar refractivity (Wildman–Crippen MR) is 64.7 cm³/mol. The molecule has 0 aliphatic rings. The van der Waals surface area contributed by atoms with E-state index < -0.39 is 30.1 Å². The topological polar surface area (TPSA) is 47.6 Å². The number of carbonyl (C=O) groups excluding carboxylic acids is 1. The molecule has 118 valence electrons. The fourth-order valence-corrected chi connectivity index (χ4v) is 1.65. The zero-order chi connectivity index (χ0) is 16.1. The molecule has 0 saturated carbocycles. The van der Waals surface area contributed by atoms with Crippen molar-refractivity contribution in [1.29, 1.82) is 0 Å². The first-order valence-electron chi connectivity index (χ1n) is 5.32. The van der Waals surface area contributed by atoms with Gasteiger partial charge in [-0.2, -0.15) is 22.0 Å². The number of alkyl halides is 6. The molecule has 0 radical (unpaired) electrons. The van der Waals surface area contributed by atoms with E-state index in [1.165, 1.54) is 35.6 Å². The van der Waals surface area contributed by atoms with Crippen molar-refractivity contribution in [3.8, 4) is 0 Å². The second-order valence-electron chi connectivity index (χ2n) is 3.57. The molecule has 1 rings (SSSR count). The summed E-state index contributed by atoms with van der Waals surface area (Å²) in [7, 11) is 0. The Hall–Kier alpha value is -1.26. The lowest BCUT2D eigenvalue weighted by Gasteiger charge is -2.34. The molecule has 1 N–H and O–H groups in total. The molecule has 0 heterocycles. The maximum atomic E-state index is 13.0. The van der Waals surface area contributed by atoms with E-state index in [0.717, 1.165) is 0 Å². The highest BCUT2D eigenvalue weighted by Crippen LogP contribution is 2.35. The highest BCUT2D eigenvalue weighted by Gasteiger charge is 2.61. The number of hydrogen-bond donors (Lipinski definition) is 1. The number of rotatable bonds is 6. The van der Waals surface area contributed by atoms with Gasteiger partial charge in [-0.1, -0.05) is 34.1 Å². The average molecular weight is 378 g/mol. The van der Waals surface area contributed by atoms with Crippen molar-refractivity contribution in [2.24, 2.45) is 0 Å².